The molecule has 6 N–H and O–H groups in total. The summed E-state index contributed by atoms with van der Waals surface area (Å²) in [6.07, 6.45) is 3.36. The number of aromatic nitrogens is 3. The first-order chi connectivity index (χ1) is 8.25. The Morgan fingerprint density at radius 3 is 2.82 bits per heavy atom. The van der Waals surface area contributed by atoms with Crippen LogP contribution in [0.2, 0.25) is 0 Å². The third-order valence-electron chi connectivity index (χ3n) is 2.47. The van der Waals surface area contributed by atoms with Crippen molar-refractivity contribution >= 4 is 17.1 Å². The third kappa shape index (κ3) is 3.10. The topological polar surface area (TPSA) is 106 Å². The maximum absolute atomic E-state index is 5.71. The van der Waals surface area contributed by atoms with E-state index in [1.165, 1.54) is 6.33 Å². The summed E-state index contributed by atoms with van der Waals surface area (Å²) >= 11 is 0. The Hall–Kier alpha value is -2.24. The molecule has 0 aliphatic carbocycles. The molecule has 6 nitrogen and oxygen atoms in total. The minimum Gasteiger partial charge on any atom is -0.397 e. The summed E-state index contributed by atoms with van der Waals surface area (Å²) in [4.78, 5) is 4.06. The lowest BCUT2D eigenvalue weighted by atomic mass is 10.2. The zero-order valence-corrected chi connectivity index (χ0v) is 9.48. The number of rotatable bonds is 5. The predicted octanol–water partition coefficient (Wildman–Crippen LogP) is 1.01. The number of nitrogens with two attached hydrogens (primary N) is 2. The molecule has 0 spiro atoms. The van der Waals surface area contributed by atoms with Crippen LogP contribution in [0.5, 0.6) is 0 Å². The molecular weight excluding hydrogens is 216 g/mol. The van der Waals surface area contributed by atoms with Crippen molar-refractivity contribution < 1.29 is 0 Å². The molecule has 0 fully saturated rings. The van der Waals surface area contributed by atoms with Gasteiger partial charge in [0.05, 0.1) is 11.4 Å². The van der Waals surface area contributed by atoms with Gasteiger partial charge in [-0.15, -0.1) is 0 Å². The van der Waals surface area contributed by atoms with Gasteiger partial charge in [0.1, 0.15) is 12.2 Å². The number of nitrogens with zero attached hydrogens (tertiary/aromatic N) is 2. The van der Waals surface area contributed by atoms with E-state index < -0.39 is 0 Å². The molecule has 1 heterocycles. The molecule has 90 valence electrons. The van der Waals surface area contributed by atoms with E-state index in [0.29, 0.717) is 11.4 Å². The second-order valence-electron chi connectivity index (χ2n) is 3.81. The van der Waals surface area contributed by atoms with Crippen molar-refractivity contribution in [2.45, 2.75) is 12.8 Å². The van der Waals surface area contributed by atoms with Crippen molar-refractivity contribution in [1.29, 1.82) is 0 Å². The van der Waals surface area contributed by atoms with Gasteiger partial charge >= 0.3 is 0 Å². The Morgan fingerprint density at radius 2 is 2.12 bits per heavy atom. The molecule has 0 aliphatic heterocycles. The van der Waals surface area contributed by atoms with Crippen LogP contribution in [0.3, 0.4) is 0 Å². The molecule has 1 aromatic heterocycles. The molecule has 0 aliphatic rings. The molecule has 0 saturated heterocycles. The summed E-state index contributed by atoms with van der Waals surface area (Å²) in [5, 5.41) is 9.90. The Morgan fingerprint density at radius 1 is 1.24 bits per heavy atom. The summed E-state index contributed by atoms with van der Waals surface area (Å²) in [7, 11) is 0. The highest BCUT2D eigenvalue weighted by molar-refractivity contribution is 5.69. The molecule has 17 heavy (non-hydrogen) atoms. The zero-order chi connectivity index (χ0) is 12.1. The molecule has 0 saturated carbocycles. The highest BCUT2D eigenvalue weighted by Gasteiger charge is 1.98. The van der Waals surface area contributed by atoms with Crippen LogP contribution in [-0.4, -0.2) is 21.7 Å². The van der Waals surface area contributed by atoms with Gasteiger partial charge in [-0.25, -0.2) is 4.98 Å². The number of hydrogen-bond acceptors (Lipinski definition) is 5. The zero-order valence-electron chi connectivity index (χ0n) is 9.48. The lowest BCUT2D eigenvalue weighted by Gasteiger charge is -2.07. The molecular formula is C11H16N6. The summed E-state index contributed by atoms with van der Waals surface area (Å²) < 4.78 is 0. The van der Waals surface area contributed by atoms with Gasteiger partial charge in [0.15, 0.2) is 0 Å². The fourth-order valence-electron chi connectivity index (χ4n) is 1.52. The molecule has 0 radical (unpaired) electrons. The number of nitrogen functional groups attached to an aromatic ring is 2. The summed E-state index contributed by atoms with van der Waals surface area (Å²) in [6.45, 7) is 0.851. The van der Waals surface area contributed by atoms with Gasteiger partial charge in [-0.2, -0.15) is 5.10 Å². The lowest BCUT2D eigenvalue weighted by molar-refractivity contribution is 0.806. The molecule has 0 unspecified atom stereocenters. The number of nitrogens with one attached hydrogen (secondary N) is 2. The predicted molar refractivity (Wildman–Crippen MR) is 68.5 cm³/mol. The SMILES string of the molecule is Nc1ccc(NCCCc2ncn[nH]2)cc1N. The average molecular weight is 232 g/mol. The molecule has 6 heteroatoms. The van der Waals surface area contributed by atoms with Crippen molar-refractivity contribution in [3.63, 3.8) is 0 Å². The highest BCUT2D eigenvalue weighted by atomic mass is 15.2. The minimum absolute atomic E-state index is 0.602. The van der Waals surface area contributed by atoms with E-state index in [9.17, 15) is 0 Å². The van der Waals surface area contributed by atoms with Crippen molar-refractivity contribution in [2.75, 3.05) is 23.3 Å². The van der Waals surface area contributed by atoms with E-state index in [4.69, 9.17) is 11.5 Å². The lowest BCUT2D eigenvalue weighted by Crippen LogP contribution is -2.04. The Kier molecular flexibility index (Phi) is 3.44. The molecule has 2 rings (SSSR count). The van der Waals surface area contributed by atoms with Crippen LogP contribution >= 0.6 is 0 Å². The first kappa shape index (κ1) is 11.3. The Balaban J connectivity index is 1.76. The van der Waals surface area contributed by atoms with Crippen LogP contribution in [0.25, 0.3) is 0 Å². The number of anilines is 3. The van der Waals surface area contributed by atoms with E-state index in [-0.39, 0.29) is 0 Å². The highest BCUT2D eigenvalue weighted by Crippen LogP contribution is 2.19. The van der Waals surface area contributed by atoms with Gasteiger partial charge < -0.3 is 16.8 Å². The maximum atomic E-state index is 5.71. The Bertz CT molecular complexity index is 465. The van der Waals surface area contributed by atoms with Crippen molar-refractivity contribution in [3.05, 3.63) is 30.4 Å². The smallest absolute Gasteiger partial charge is 0.137 e. The number of benzene rings is 1. The molecule has 2 aromatic rings. The summed E-state index contributed by atoms with van der Waals surface area (Å²) in [5.41, 5.74) is 13.5. The quantitative estimate of drug-likeness (QED) is 0.455. The molecule has 0 bridgehead atoms. The monoisotopic (exact) mass is 232 g/mol. The van der Waals surface area contributed by atoms with Crippen LogP contribution in [0.1, 0.15) is 12.2 Å². The fourth-order valence-corrected chi connectivity index (χ4v) is 1.52. The second-order valence-corrected chi connectivity index (χ2v) is 3.81. The van der Waals surface area contributed by atoms with Crippen LogP contribution in [-0.2, 0) is 6.42 Å². The van der Waals surface area contributed by atoms with Crippen LogP contribution < -0.4 is 16.8 Å². The molecule has 1 aromatic carbocycles. The number of H-pyrrole nitrogens is 1. The first-order valence-corrected chi connectivity index (χ1v) is 5.49. The van der Waals surface area contributed by atoms with Gasteiger partial charge in [0.25, 0.3) is 0 Å². The number of aromatic amines is 1. The van der Waals surface area contributed by atoms with E-state index in [2.05, 4.69) is 20.5 Å². The number of aryl methyl sites for hydroxylation is 1. The average Bonchev–Trinajstić information content (AvgIpc) is 2.82. The van der Waals surface area contributed by atoms with E-state index in [1.54, 1.807) is 6.07 Å². The first-order valence-electron chi connectivity index (χ1n) is 5.49. The number of hydrogen-bond donors (Lipinski definition) is 4. The second kappa shape index (κ2) is 5.20. The van der Waals surface area contributed by atoms with Crippen molar-refractivity contribution in [1.82, 2.24) is 15.2 Å². The molecule has 0 amide bonds. The van der Waals surface area contributed by atoms with Crippen molar-refractivity contribution in [2.24, 2.45) is 0 Å². The summed E-state index contributed by atoms with van der Waals surface area (Å²) in [5.74, 6) is 0.906. The van der Waals surface area contributed by atoms with Crippen LogP contribution in [0.4, 0.5) is 17.1 Å². The van der Waals surface area contributed by atoms with Gasteiger partial charge in [-0.3, -0.25) is 5.10 Å². The van der Waals surface area contributed by atoms with E-state index in [1.807, 2.05) is 12.1 Å². The van der Waals surface area contributed by atoms with Crippen molar-refractivity contribution in [3.8, 4) is 0 Å². The van der Waals surface area contributed by atoms with Crippen LogP contribution in [0.15, 0.2) is 24.5 Å². The Labute approximate surface area is 99.4 Å². The summed E-state index contributed by atoms with van der Waals surface area (Å²) in [6, 6.07) is 5.55. The molecule has 0 atom stereocenters. The van der Waals surface area contributed by atoms with E-state index >= 15 is 0 Å². The van der Waals surface area contributed by atoms with Gasteiger partial charge in [-0.1, -0.05) is 0 Å². The minimum atomic E-state index is 0.602. The fraction of sp³-hybridized carbons (Fsp3) is 0.273. The third-order valence-corrected chi connectivity index (χ3v) is 2.47. The van der Waals surface area contributed by atoms with Crippen LogP contribution in [0, 0.1) is 0 Å². The van der Waals surface area contributed by atoms with Gasteiger partial charge in [-0.05, 0) is 24.6 Å². The standard InChI is InChI=1S/C11H16N6/c12-9-4-3-8(6-10(9)13)14-5-1-2-11-15-7-16-17-11/h3-4,6-7,14H,1-2,5,12-13H2,(H,15,16,17). The largest absolute Gasteiger partial charge is 0.397 e. The van der Waals surface area contributed by atoms with E-state index in [0.717, 1.165) is 30.9 Å². The maximum Gasteiger partial charge on any atom is 0.137 e. The van der Waals surface area contributed by atoms with Gasteiger partial charge in [0, 0.05) is 18.7 Å². The normalized spacial score (nSPS) is 10.4. The van der Waals surface area contributed by atoms with Gasteiger partial charge in [0.2, 0.25) is 0 Å².